The summed E-state index contributed by atoms with van der Waals surface area (Å²) in [7, 11) is 4.39. The van der Waals surface area contributed by atoms with Gasteiger partial charge in [0.15, 0.2) is 11.9 Å². The van der Waals surface area contributed by atoms with Gasteiger partial charge >= 0.3 is 5.97 Å². The smallest absolute Gasteiger partial charge is 0.346 e. The lowest BCUT2D eigenvalue weighted by Crippen LogP contribution is -2.24. The Morgan fingerprint density at radius 2 is 1.79 bits per heavy atom. The fraction of sp³-hybridized carbons (Fsp3) is 0.238. The molecule has 0 saturated carbocycles. The Hall–Kier alpha value is -3.48. The van der Waals surface area contributed by atoms with Gasteiger partial charge in [-0.25, -0.2) is 4.79 Å². The fourth-order valence-electron chi connectivity index (χ4n) is 2.74. The summed E-state index contributed by atoms with van der Waals surface area (Å²) < 4.78 is 26.4. The molecule has 0 amide bonds. The Kier molecular flexibility index (Phi) is 5.54. The molecule has 0 aliphatic carbocycles. The van der Waals surface area contributed by atoms with Gasteiger partial charge in [0.1, 0.15) is 23.0 Å². The van der Waals surface area contributed by atoms with Crippen molar-refractivity contribution in [2.75, 3.05) is 21.3 Å². The molecule has 7 heteroatoms. The van der Waals surface area contributed by atoms with Crippen LogP contribution in [-0.4, -0.2) is 39.2 Å². The number of allylic oxidation sites excluding steroid dienone is 1. The van der Waals surface area contributed by atoms with Crippen molar-refractivity contribution < 1.29 is 33.3 Å². The lowest BCUT2D eigenvalue weighted by molar-refractivity contribution is -0.147. The first-order valence-electron chi connectivity index (χ1n) is 8.51. The monoisotopic (exact) mass is 384 g/mol. The predicted octanol–water partition coefficient (Wildman–Crippen LogP) is 3.26. The maximum absolute atomic E-state index is 12.6. The number of esters is 1. The number of fused-ring (bicyclic) bond motifs is 1. The number of benzene rings is 2. The van der Waals surface area contributed by atoms with Crippen LogP contribution in [0.5, 0.6) is 23.0 Å². The van der Waals surface area contributed by atoms with Crippen LogP contribution in [0, 0.1) is 0 Å². The molecular formula is C21H20O7. The number of Topliss-reactive ketones (excluding diaryl/α,β-unsaturated/α-hetero) is 1. The van der Waals surface area contributed by atoms with Gasteiger partial charge in [-0.15, -0.1) is 0 Å². The molecule has 7 nitrogen and oxygen atoms in total. The van der Waals surface area contributed by atoms with Gasteiger partial charge in [0.05, 0.1) is 26.9 Å². The first kappa shape index (κ1) is 19.3. The fourth-order valence-corrected chi connectivity index (χ4v) is 2.74. The zero-order chi connectivity index (χ0) is 20.3. The second-order valence-corrected chi connectivity index (χ2v) is 5.99. The van der Waals surface area contributed by atoms with E-state index in [9.17, 15) is 9.59 Å². The standard InChI is InChI=1S/C21H20O7/c1-12(21(23)26-4)27-15-7-8-16-18(11-15)28-19(20(16)22)9-13-5-6-14(24-2)10-17(13)25-3/h5-12H,1-4H3. The molecule has 0 bridgehead atoms. The molecule has 1 aliphatic heterocycles. The number of ketones is 1. The van der Waals surface area contributed by atoms with E-state index in [0.717, 1.165) is 0 Å². The van der Waals surface area contributed by atoms with Crippen LogP contribution in [0.4, 0.5) is 0 Å². The Bertz CT molecular complexity index is 946. The predicted molar refractivity (Wildman–Crippen MR) is 101 cm³/mol. The van der Waals surface area contributed by atoms with Crippen molar-refractivity contribution in [1.29, 1.82) is 0 Å². The summed E-state index contributed by atoms with van der Waals surface area (Å²) in [6.45, 7) is 1.58. The molecule has 2 aromatic rings. The van der Waals surface area contributed by atoms with E-state index < -0.39 is 12.1 Å². The summed E-state index contributed by atoms with van der Waals surface area (Å²) in [5.41, 5.74) is 1.09. The van der Waals surface area contributed by atoms with Crippen LogP contribution in [0.15, 0.2) is 42.2 Å². The first-order chi connectivity index (χ1) is 13.5. The van der Waals surface area contributed by atoms with Gasteiger partial charge < -0.3 is 23.7 Å². The van der Waals surface area contributed by atoms with E-state index >= 15 is 0 Å². The SMILES string of the molecule is COC(=O)C(C)Oc1ccc2c(c1)OC(=Cc1ccc(OC)cc1OC)C2=O. The maximum Gasteiger partial charge on any atom is 0.346 e. The number of carbonyl (C=O) groups excluding carboxylic acids is 2. The van der Waals surface area contributed by atoms with Crippen LogP contribution in [0.25, 0.3) is 6.08 Å². The van der Waals surface area contributed by atoms with E-state index in [1.807, 2.05) is 0 Å². The molecule has 0 radical (unpaired) electrons. The Morgan fingerprint density at radius 1 is 1.04 bits per heavy atom. The highest BCUT2D eigenvalue weighted by Crippen LogP contribution is 2.36. The third kappa shape index (κ3) is 3.78. The molecule has 1 atom stereocenters. The van der Waals surface area contributed by atoms with E-state index in [4.69, 9.17) is 18.9 Å². The van der Waals surface area contributed by atoms with Crippen LogP contribution < -0.4 is 18.9 Å². The highest BCUT2D eigenvalue weighted by Gasteiger charge is 2.28. The molecule has 3 rings (SSSR count). The van der Waals surface area contributed by atoms with Gasteiger partial charge in [-0.3, -0.25) is 4.79 Å². The number of hydrogen-bond acceptors (Lipinski definition) is 7. The minimum atomic E-state index is -0.779. The molecule has 0 aromatic heterocycles. The average Bonchev–Trinajstić information content (AvgIpc) is 3.02. The number of methoxy groups -OCH3 is 3. The highest BCUT2D eigenvalue weighted by atomic mass is 16.6. The molecule has 1 unspecified atom stereocenters. The molecular weight excluding hydrogens is 364 g/mol. The van der Waals surface area contributed by atoms with Gasteiger partial charge in [-0.05, 0) is 37.3 Å². The topological polar surface area (TPSA) is 80.3 Å². The molecule has 0 fully saturated rings. The second-order valence-electron chi connectivity index (χ2n) is 5.99. The van der Waals surface area contributed by atoms with Crippen LogP contribution in [0.2, 0.25) is 0 Å². The van der Waals surface area contributed by atoms with Crippen molar-refractivity contribution in [3.63, 3.8) is 0 Å². The Morgan fingerprint density at radius 3 is 2.46 bits per heavy atom. The number of hydrogen-bond donors (Lipinski definition) is 0. The van der Waals surface area contributed by atoms with E-state index in [1.165, 1.54) is 14.2 Å². The Labute approximate surface area is 162 Å². The van der Waals surface area contributed by atoms with Crippen molar-refractivity contribution in [2.45, 2.75) is 13.0 Å². The normalized spacial score (nSPS) is 14.9. The van der Waals surface area contributed by atoms with Crippen molar-refractivity contribution in [3.05, 3.63) is 53.3 Å². The molecule has 0 spiro atoms. The molecule has 0 saturated heterocycles. The Balaban J connectivity index is 1.85. The summed E-state index contributed by atoms with van der Waals surface area (Å²) >= 11 is 0. The van der Waals surface area contributed by atoms with E-state index in [-0.39, 0.29) is 11.5 Å². The molecule has 28 heavy (non-hydrogen) atoms. The summed E-state index contributed by atoms with van der Waals surface area (Å²) in [4.78, 5) is 24.1. The molecule has 1 aliphatic rings. The highest BCUT2D eigenvalue weighted by molar-refractivity contribution is 6.14. The van der Waals surface area contributed by atoms with Crippen molar-refractivity contribution >= 4 is 17.8 Å². The van der Waals surface area contributed by atoms with Gasteiger partial charge in [-0.2, -0.15) is 0 Å². The van der Waals surface area contributed by atoms with Gasteiger partial charge in [0.25, 0.3) is 0 Å². The zero-order valence-electron chi connectivity index (χ0n) is 16.0. The van der Waals surface area contributed by atoms with Crippen molar-refractivity contribution in [1.82, 2.24) is 0 Å². The molecule has 2 aromatic carbocycles. The quantitative estimate of drug-likeness (QED) is 0.559. The van der Waals surface area contributed by atoms with Gasteiger partial charge in [-0.1, -0.05) is 0 Å². The van der Waals surface area contributed by atoms with Crippen molar-refractivity contribution in [3.8, 4) is 23.0 Å². The van der Waals surface area contributed by atoms with E-state index in [2.05, 4.69) is 4.74 Å². The van der Waals surface area contributed by atoms with Crippen LogP contribution in [0.1, 0.15) is 22.8 Å². The lowest BCUT2D eigenvalue weighted by Gasteiger charge is -2.12. The molecule has 1 heterocycles. The lowest BCUT2D eigenvalue weighted by atomic mass is 10.1. The largest absolute Gasteiger partial charge is 0.497 e. The number of carbonyl (C=O) groups is 2. The summed E-state index contributed by atoms with van der Waals surface area (Å²) in [6, 6.07) is 10.0. The number of rotatable bonds is 6. The second kappa shape index (κ2) is 8.04. The number of ether oxygens (including phenoxy) is 5. The third-order valence-corrected chi connectivity index (χ3v) is 4.21. The maximum atomic E-state index is 12.6. The first-order valence-corrected chi connectivity index (χ1v) is 8.51. The zero-order valence-corrected chi connectivity index (χ0v) is 16.0. The summed E-state index contributed by atoms with van der Waals surface area (Å²) in [6.07, 6.45) is 0.830. The minimum absolute atomic E-state index is 0.164. The van der Waals surface area contributed by atoms with Gasteiger partial charge in [0.2, 0.25) is 5.78 Å². The third-order valence-electron chi connectivity index (χ3n) is 4.21. The molecule has 146 valence electrons. The van der Waals surface area contributed by atoms with Crippen LogP contribution in [0.3, 0.4) is 0 Å². The van der Waals surface area contributed by atoms with Crippen LogP contribution in [-0.2, 0) is 9.53 Å². The van der Waals surface area contributed by atoms with Crippen molar-refractivity contribution in [2.24, 2.45) is 0 Å². The van der Waals surface area contributed by atoms with E-state index in [1.54, 1.807) is 56.5 Å². The van der Waals surface area contributed by atoms with E-state index in [0.29, 0.717) is 34.1 Å². The average molecular weight is 384 g/mol. The summed E-state index contributed by atoms with van der Waals surface area (Å²) in [5.74, 6) is 1.37. The molecule has 0 N–H and O–H groups in total. The van der Waals surface area contributed by atoms with Crippen LogP contribution >= 0.6 is 0 Å². The van der Waals surface area contributed by atoms with Gasteiger partial charge in [0, 0.05) is 17.7 Å². The summed E-state index contributed by atoms with van der Waals surface area (Å²) in [5, 5.41) is 0. The minimum Gasteiger partial charge on any atom is -0.497 e.